The quantitative estimate of drug-likeness (QED) is 0.566. The number of amides is 2. The number of rotatable bonds is 0. The van der Waals surface area contributed by atoms with E-state index in [9.17, 15) is 0 Å². The Labute approximate surface area is 65.2 Å². The molecule has 1 heterocycles. The summed E-state index contributed by atoms with van der Waals surface area (Å²) in [6.45, 7) is 1.97. The predicted octanol–water partition coefficient (Wildman–Crippen LogP) is 0.414. The van der Waals surface area contributed by atoms with Gasteiger partial charge < -0.3 is 11.5 Å². The highest BCUT2D eigenvalue weighted by atomic mass is 16.2. The third-order valence-electron chi connectivity index (χ3n) is 0.813. The lowest BCUT2D eigenvalue weighted by molar-refractivity contribution is 0.256. The van der Waals surface area contributed by atoms with Crippen molar-refractivity contribution in [3.63, 3.8) is 0 Å². The molecule has 11 heavy (non-hydrogen) atoms. The van der Waals surface area contributed by atoms with E-state index >= 15 is 0 Å². The van der Waals surface area contributed by atoms with Gasteiger partial charge in [-0.3, -0.25) is 4.98 Å². The molecule has 0 bridgehead atoms. The number of hydrogen-bond acceptors (Lipinski definition) is 2. The molecule has 0 fully saturated rings. The van der Waals surface area contributed by atoms with E-state index in [1.807, 2.05) is 25.1 Å². The minimum atomic E-state index is -0.833. The molecule has 1 aromatic rings. The first-order valence-electron chi connectivity index (χ1n) is 3.05. The van der Waals surface area contributed by atoms with E-state index in [1.165, 1.54) is 0 Å². The van der Waals surface area contributed by atoms with Crippen LogP contribution in [0.2, 0.25) is 0 Å². The summed E-state index contributed by atoms with van der Waals surface area (Å²) in [7, 11) is 0. The Hall–Kier alpha value is -1.58. The number of nitrogens with two attached hydrogens (primary N) is 2. The van der Waals surface area contributed by atoms with E-state index < -0.39 is 6.03 Å². The van der Waals surface area contributed by atoms with Gasteiger partial charge >= 0.3 is 6.03 Å². The molecule has 4 heteroatoms. The van der Waals surface area contributed by atoms with E-state index in [0.29, 0.717) is 0 Å². The molecule has 0 atom stereocenters. The predicted molar refractivity (Wildman–Crippen MR) is 42.7 cm³/mol. The van der Waals surface area contributed by atoms with E-state index in [4.69, 9.17) is 4.79 Å². The van der Waals surface area contributed by atoms with Crippen LogP contribution in [0.15, 0.2) is 24.4 Å². The molecule has 1 aromatic heterocycles. The van der Waals surface area contributed by atoms with Gasteiger partial charge in [0.2, 0.25) is 0 Å². The zero-order valence-corrected chi connectivity index (χ0v) is 6.32. The molecule has 0 aliphatic carbocycles. The first kappa shape index (κ1) is 9.42. The second-order valence-corrected chi connectivity index (χ2v) is 1.87. The zero-order chi connectivity index (χ0) is 8.69. The van der Waals surface area contributed by atoms with Crippen LogP contribution in [0.3, 0.4) is 0 Å². The number of pyridine rings is 1. The fourth-order valence-electron chi connectivity index (χ4n) is 0.448. The van der Waals surface area contributed by atoms with Gasteiger partial charge in [0, 0.05) is 11.9 Å². The molecular formula is C7H11N3O. The summed E-state index contributed by atoms with van der Waals surface area (Å²) in [5, 5.41) is 0. The van der Waals surface area contributed by atoms with Crippen LogP contribution in [0.1, 0.15) is 5.69 Å². The maximum absolute atomic E-state index is 9.00. The van der Waals surface area contributed by atoms with Gasteiger partial charge in [0.15, 0.2) is 0 Å². The molecule has 4 nitrogen and oxygen atoms in total. The first-order chi connectivity index (χ1) is 5.13. The van der Waals surface area contributed by atoms with E-state index in [0.717, 1.165) is 5.69 Å². The molecule has 0 unspecified atom stereocenters. The Balaban J connectivity index is 0.000000218. The lowest BCUT2D eigenvalue weighted by atomic mass is 10.4. The van der Waals surface area contributed by atoms with Crippen molar-refractivity contribution in [1.29, 1.82) is 0 Å². The zero-order valence-electron chi connectivity index (χ0n) is 6.32. The van der Waals surface area contributed by atoms with Crippen molar-refractivity contribution >= 4 is 6.03 Å². The third kappa shape index (κ3) is 8.42. The van der Waals surface area contributed by atoms with Gasteiger partial charge in [0.25, 0.3) is 0 Å². The van der Waals surface area contributed by atoms with Gasteiger partial charge in [-0.1, -0.05) is 6.07 Å². The molecule has 0 aromatic carbocycles. The van der Waals surface area contributed by atoms with Crippen LogP contribution in [-0.4, -0.2) is 11.0 Å². The number of aromatic nitrogens is 1. The van der Waals surface area contributed by atoms with Crippen molar-refractivity contribution in [3.8, 4) is 0 Å². The fraction of sp³-hybridized carbons (Fsp3) is 0.143. The molecule has 2 amide bonds. The highest BCUT2D eigenvalue weighted by molar-refractivity contribution is 5.69. The number of nitrogens with zero attached hydrogens (tertiary/aromatic N) is 1. The molecule has 0 aliphatic rings. The molecule has 4 N–H and O–H groups in total. The third-order valence-corrected chi connectivity index (χ3v) is 0.813. The van der Waals surface area contributed by atoms with Crippen LogP contribution in [0.5, 0.6) is 0 Å². The van der Waals surface area contributed by atoms with Crippen molar-refractivity contribution in [3.05, 3.63) is 30.1 Å². The summed E-state index contributed by atoms with van der Waals surface area (Å²) in [4.78, 5) is 13.0. The summed E-state index contributed by atoms with van der Waals surface area (Å²) in [6.07, 6.45) is 1.79. The largest absolute Gasteiger partial charge is 0.352 e. The van der Waals surface area contributed by atoms with Gasteiger partial charge in [-0.05, 0) is 19.1 Å². The van der Waals surface area contributed by atoms with Crippen LogP contribution in [0.4, 0.5) is 4.79 Å². The molecule has 0 radical (unpaired) electrons. The van der Waals surface area contributed by atoms with E-state index in [1.54, 1.807) is 6.20 Å². The van der Waals surface area contributed by atoms with Crippen molar-refractivity contribution in [2.75, 3.05) is 0 Å². The first-order valence-corrected chi connectivity index (χ1v) is 3.05. The van der Waals surface area contributed by atoms with E-state index in [-0.39, 0.29) is 0 Å². The highest BCUT2D eigenvalue weighted by Crippen LogP contribution is 1.85. The maximum atomic E-state index is 9.00. The summed E-state index contributed by atoms with van der Waals surface area (Å²) in [5.41, 5.74) is 9.57. The highest BCUT2D eigenvalue weighted by Gasteiger charge is 1.73. The Morgan fingerprint density at radius 3 is 2.18 bits per heavy atom. The van der Waals surface area contributed by atoms with E-state index in [2.05, 4.69) is 16.5 Å². The fourth-order valence-corrected chi connectivity index (χ4v) is 0.448. The molecular weight excluding hydrogens is 142 g/mol. The maximum Gasteiger partial charge on any atom is 0.309 e. The van der Waals surface area contributed by atoms with Crippen LogP contribution in [-0.2, 0) is 0 Å². The molecule has 0 saturated heterocycles. The van der Waals surface area contributed by atoms with Gasteiger partial charge in [-0.25, -0.2) is 4.79 Å². The summed E-state index contributed by atoms with van der Waals surface area (Å²) >= 11 is 0. The summed E-state index contributed by atoms with van der Waals surface area (Å²) in [5.74, 6) is 0. The van der Waals surface area contributed by atoms with Gasteiger partial charge in [0.1, 0.15) is 0 Å². The lowest BCUT2D eigenvalue weighted by Gasteiger charge is -1.82. The lowest BCUT2D eigenvalue weighted by Crippen LogP contribution is -2.18. The van der Waals surface area contributed by atoms with Gasteiger partial charge in [-0.2, -0.15) is 0 Å². The van der Waals surface area contributed by atoms with Crippen LogP contribution in [0.25, 0.3) is 0 Å². The molecule has 0 spiro atoms. The van der Waals surface area contributed by atoms with Crippen molar-refractivity contribution in [2.24, 2.45) is 11.5 Å². The Morgan fingerprint density at radius 1 is 1.45 bits per heavy atom. The standard InChI is InChI=1S/C6H7N.CH4N2O/c1-6-4-2-3-5-7-6;2-1(3)4/h2-5H,1H3;(H4,2,3,4). The number of hydrogen-bond donors (Lipinski definition) is 2. The number of aryl methyl sites for hydroxylation is 1. The van der Waals surface area contributed by atoms with Crippen LogP contribution >= 0.6 is 0 Å². The van der Waals surface area contributed by atoms with Crippen LogP contribution < -0.4 is 11.5 Å². The van der Waals surface area contributed by atoms with Crippen molar-refractivity contribution in [1.82, 2.24) is 4.98 Å². The molecule has 0 saturated carbocycles. The average Bonchev–Trinajstić information content (AvgIpc) is 1.87. The van der Waals surface area contributed by atoms with Gasteiger partial charge in [0.05, 0.1) is 0 Å². The monoisotopic (exact) mass is 153 g/mol. The normalized spacial score (nSPS) is 7.73. The Morgan fingerprint density at radius 2 is 2.00 bits per heavy atom. The number of carbonyl (C=O) groups excluding carboxylic acids is 1. The Bertz CT molecular complexity index is 206. The minimum Gasteiger partial charge on any atom is -0.352 e. The van der Waals surface area contributed by atoms with Crippen molar-refractivity contribution in [2.45, 2.75) is 6.92 Å². The smallest absolute Gasteiger partial charge is 0.309 e. The summed E-state index contributed by atoms with van der Waals surface area (Å²) in [6, 6.07) is 5.02. The number of primary amides is 2. The topological polar surface area (TPSA) is 82.0 Å². The van der Waals surface area contributed by atoms with Crippen LogP contribution in [0, 0.1) is 6.92 Å². The summed E-state index contributed by atoms with van der Waals surface area (Å²) < 4.78 is 0. The SMILES string of the molecule is Cc1ccccn1.NC(N)=O. The second-order valence-electron chi connectivity index (χ2n) is 1.87. The second kappa shape index (κ2) is 5.22. The number of urea groups is 1. The molecule has 1 rings (SSSR count). The number of carbonyl (C=O) groups is 1. The Kier molecular flexibility index (Phi) is 4.47. The average molecular weight is 153 g/mol. The molecule has 0 aliphatic heterocycles. The van der Waals surface area contributed by atoms with Crippen molar-refractivity contribution < 1.29 is 4.79 Å². The molecule has 60 valence electrons. The van der Waals surface area contributed by atoms with Gasteiger partial charge in [-0.15, -0.1) is 0 Å². The minimum absolute atomic E-state index is 0.833.